The van der Waals surface area contributed by atoms with Gasteiger partial charge < -0.3 is 14.5 Å². The third kappa shape index (κ3) is 3.15. The summed E-state index contributed by atoms with van der Waals surface area (Å²) >= 11 is 0. The highest BCUT2D eigenvalue weighted by molar-refractivity contribution is 5.22. The molecule has 22 heavy (non-hydrogen) atoms. The minimum Gasteiger partial charge on any atom is -0.424 e. The first-order valence-electron chi connectivity index (χ1n) is 7.28. The highest BCUT2D eigenvalue weighted by Crippen LogP contribution is 2.30. The van der Waals surface area contributed by atoms with Gasteiger partial charge >= 0.3 is 0 Å². The standard InChI is InChI=1S/C15H17F2N3O2/c1-2-13-19-20-14(22-13)8-18-12-5-6-21-15(12)9-3-4-10(16)11(17)7-9/h3-4,7,12,15,18H,2,5-6,8H2,1H3/t12-,15-/m0/s1. The second kappa shape index (κ2) is 6.50. The first-order chi connectivity index (χ1) is 10.7. The van der Waals surface area contributed by atoms with Gasteiger partial charge in [-0.05, 0) is 24.1 Å². The maximum Gasteiger partial charge on any atom is 0.230 e. The van der Waals surface area contributed by atoms with E-state index in [0.29, 0.717) is 36.9 Å². The molecular weight excluding hydrogens is 292 g/mol. The lowest BCUT2D eigenvalue weighted by molar-refractivity contribution is 0.0976. The van der Waals surface area contributed by atoms with Crippen LogP contribution in [0.4, 0.5) is 8.78 Å². The fourth-order valence-corrected chi connectivity index (χ4v) is 2.54. The molecule has 0 amide bonds. The Balaban J connectivity index is 1.66. The number of nitrogens with zero attached hydrogens (tertiary/aromatic N) is 2. The van der Waals surface area contributed by atoms with Crippen LogP contribution in [0.3, 0.4) is 0 Å². The Hall–Kier alpha value is -1.86. The summed E-state index contributed by atoms with van der Waals surface area (Å²) in [6.45, 7) is 2.92. The van der Waals surface area contributed by atoms with E-state index in [2.05, 4.69) is 15.5 Å². The zero-order chi connectivity index (χ0) is 15.5. The second-order valence-electron chi connectivity index (χ2n) is 5.18. The summed E-state index contributed by atoms with van der Waals surface area (Å²) in [5, 5.41) is 11.1. The molecule has 0 bridgehead atoms. The van der Waals surface area contributed by atoms with Crippen LogP contribution in [0.1, 0.15) is 36.8 Å². The summed E-state index contributed by atoms with van der Waals surface area (Å²) in [4.78, 5) is 0. The van der Waals surface area contributed by atoms with Crippen LogP contribution in [0.15, 0.2) is 22.6 Å². The van der Waals surface area contributed by atoms with Crippen LogP contribution in [0.5, 0.6) is 0 Å². The van der Waals surface area contributed by atoms with Crippen molar-refractivity contribution in [1.82, 2.24) is 15.5 Å². The van der Waals surface area contributed by atoms with Crippen molar-refractivity contribution in [3.63, 3.8) is 0 Å². The number of hydrogen-bond donors (Lipinski definition) is 1. The van der Waals surface area contributed by atoms with Crippen LogP contribution in [-0.2, 0) is 17.7 Å². The van der Waals surface area contributed by atoms with Gasteiger partial charge in [-0.25, -0.2) is 8.78 Å². The summed E-state index contributed by atoms with van der Waals surface area (Å²) < 4.78 is 37.5. The predicted molar refractivity (Wildman–Crippen MR) is 74.0 cm³/mol. The van der Waals surface area contributed by atoms with Gasteiger partial charge in [0.05, 0.1) is 12.6 Å². The Morgan fingerprint density at radius 1 is 1.23 bits per heavy atom. The number of nitrogens with one attached hydrogen (secondary N) is 1. The van der Waals surface area contributed by atoms with Gasteiger partial charge in [0.1, 0.15) is 0 Å². The average molecular weight is 309 g/mol. The molecule has 2 aromatic rings. The molecule has 1 N–H and O–H groups in total. The number of aryl methyl sites for hydroxylation is 1. The molecule has 2 atom stereocenters. The van der Waals surface area contributed by atoms with Gasteiger partial charge in [0, 0.05) is 19.1 Å². The van der Waals surface area contributed by atoms with Gasteiger partial charge in [-0.2, -0.15) is 0 Å². The van der Waals surface area contributed by atoms with Crippen molar-refractivity contribution in [2.75, 3.05) is 6.61 Å². The van der Waals surface area contributed by atoms with Gasteiger partial charge in [-0.3, -0.25) is 0 Å². The van der Waals surface area contributed by atoms with E-state index in [1.807, 2.05) is 6.92 Å². The first kappa shape index (κ1) is 15.1. The van der Waals surface area contributed by atoms with Crippen LogP contribution in [0, 0.1) is 11.6 Å². The lowest BCUT2D eigenvalue weighted by Crippen LogP contribution is -2.31. The van der Waals surface area contributed by atoms with Gasteiger partial charge in [0.2, 0.25) is 11.8 Å². The second-order valence-corrected chi connectivity index (χ2v) is 5.18. The summed E-state index contributed by atoms with van der Waals surface area (Å²) in [6, 6.07) is 3.84. The Morgan fingerprint density at radius 2 is 2.05 bits per heavy atom. The molecule has 1 aromatic heterocycles. The van der Waals surface area contributed by atoms with Crippen LogP contribution in [-0.4, -0.2) is 22.8 Å². The van der Waals surface area contributed by atoms with Crippen molar-refractivity contribution in [2.24, 2.45) is 0 Å². The smallest absolute Gasteiger partial charge is 0.230 e. The van der Waals surface area contributed by atoms with Crippen LogP contribution in [0.25, 0.3) is 0 Å². The molecule has 1 aromatic carbocycles. The van der Waals surface area contributed by atoms with Crippen LogP contribution < -0.4 is 5.32 Å². The fraction of sp³-hybridized carbons (Fsp3) is 0.467. The van der Waals surface area contributed by atoms with E-state index >= 15 is 0 Å². The summed E-state index contributed by atoms with van der Waals surface area (Å²) in [5.41, 5.74) is 0.619. The molecule has 1 aliphatic heterocycles. The lowest BCUT2D eigenvalue weighted by Gasteiger charge is -2.19. The van der Waals surface area contributed by atoms with Gasteiger partial charge in [0.25, 0.3) is 0 Å². The molecule has 3 rings (SSSR count). The average Bonchev–Trinajstić information content (AvgIpc) is 3.16. The molecule has 118 valence electrons. The number of hydrogen-bond acceptors (Lipinski definition) is 5. The van der Waals surface area contributed by atoms with E-state index in [9.17, 15) is 8.78 Å². The number of benzene rings is 1. The predicted octanol–water partition coefficient (Wildman–Crippen LogP) is 2.53. The molecule has 1 fully saturated rings. The van der Waals surface area contributed by atoms with E-state index in [1.54, 1.807) is 6.07 Å². The molecule has 0 unspecified atom stereocenters. The Bertz CT molecular complexity index is 647. The first-order valence-corrected chi connectivity index (χ1v) is 7.28. The van der Waals surface area contributed by atoms with E-state index in [-0.39, 0.29) is 12.1 Å². The molecule has 0 spiro atoms. The third-order valence-electron chi connectivity index (χ3n) is 3.69. The lowest BCUT2D eigenvalue weighted by atomic mass is 10.0. The SMILES string of the molecule is CCc1nnc(CN[C@H]2CCO[C@H]2c2ccc(F)c(F)c2)o1. The van der Waals surface area contributed by atoms with Crippen molar-refractivity contribution in [1.29, 1.82) is 0 Å². The minimum atomic E-state index is -0.865. The van der Waals surface area contributed by atoms with Gasteiger partial charge in [-0.1, -0.05) is 13.0 Å². The monoisotopic (exact) mass is 309 g/mol. The molecule has 5 nitrogen and oxygen atoms in total. The topological polar surface area (TPSA) is 60.2 Å². The molecule has 0 saturated carbocycles. The Kier molecular flexibility index (Phi) is 4.44. The summed E-state index contributed by atoms with van der Waals surface area (Å²) in [5.74, 6) is -0.620. The van der Waals surface area contributed by atoms with E-state index in [1.165, 1.54) is 6.07 Å². The van der Waals surface area contributed by atoms with Crippen LogP contribution in [0.2, 0.25) is 0 Å². The number of aromatic nitrogens is 2. The minimum absolute atomic E-state index is 0.0122. The van der Waals surface area contributed by atoms with Gasteiger partial charge in [0.15, 0.2) is 11.6 Å². The maximum atomic E-state index is 13.4. The maximum absolute atomic E-state index is 13.4. The zero-order valence-electron chi connectivity index (χ0n) is 12.2. The molecule has 7 heteroatoms. The van der Waals surface area contributed by atoms with Crippen molar-refractivity contribution in [3.8, 4) is 0 Å². The molecule has 0 aliphatic carbocycles. The van der Waals surface area contributed by atoms with Gasteiger partial charge in [-0.15, -0.1) is 10.2 Å². The molecule has 2 heterocycles. The Morgan fingerprint density at radius 3 is 2.77 bits per heavy atom. The quantitative estimate of drug-likeness (QED) is 0.919. The normalized spacial score (nSPS) is 21.4. The van der Waals surface area contributed by atoms with Crippen LogP contribution >= 0.6 is 0 Å². The van der Waals surface area contributed by atoms with E-state index in [4.69, 9.17) is 9.15 Å². The summed E-state index contributed by atoms with van der Waals surface area (Å²) in [7, 11) is 0. The van der Waals surface area contributed by atoms with E-state index in [0.717, 1.165) is 12.5 Å². The molecule has 0 radical (unpaired) electrons. The molecule has 1 saturated heterocycles. The third-order valence-corrected chi connectivity index (χ3v) is 3.69. The molecular formula is C15H17F2N3O2. The number of rotatable bonds is 5. The van der Waals surface area contributed by atoms with Crippen molar-refractivity contribution >= 4 is 0 Å². The largest absolute Gasteiger partial charge is 0.424 e. The van der Waals surface area contributed by atoms with E-state index < -0.39 is 11.6 Å². The highest BCUT2D eigenvalue weighted by atomic mass is 19.2. The number of halogens is 2. The fourth-order valence-electron chi connectivity index (χ4n) is 2.54. The zero-order valence-corrected chi connectivity index (χ0v) is 12.2. The Labute approximate surface area is 126 Å². The van der Waals surface area contributed by atoms with Crippen molar-refractivity contribution in [3.05, 3.63) is 47.2 Å². The van der Waals surface area contributed by atoms with Crippen molar-refractivity contribution < 1.29 is 17.9 Å². The molecule has 1 aliphatic rings. The van der Waals surface area contributed by atoms with Crippen molar-refractivity contribution in [2.45, 2.75) is 38.5 Å². The summed E-state index contributed by atoms with van der Waals surface area (Å²) in [6.07, 6.45) is 1.15. The number of ether oxygens (including phenoxy) is 1. The highest BCUT2D eigenvalue weighted by Gasteiger charge is 2.30.